The lowest BCUT2D eigenvalue weighted by Gasteiger charge is -2.28. The van der Waals surface area contributed by atoms with Crippen LogP contribution >= 0.6 is 0 Å². The van der Waals surface area contributed by atoms with Gasteiger partial charge in [0.1, 0.15) is 24.1 Å². The molecule has 2 aliphatic heterocycles. The number of nitrogens with zero attached hydrogens (tertiary/aromatic N) is 5. The molecule has 2 saturated heterocycles. The fraction of sp³-hybridized carbons (Fsp3) is 0.688. The molecule has 25 heavy (non-hydrogen) atoms. The molecule has 0 aromatic carbocycles. The lowest BCUT2D eigenvalue weighted by Crippen LogP contribution is -2.44. The highest BCUT2D eigenvalue weighted by Crippen LogP contribution is 2.39. The Hall–Kier alpha value is -1.81. The van der Waals surface area contributed by atoms with Crippen molar-refractivity contribution in [2.24, 2.45) is 0 Å². The fourth-order valence-corrected chi connectivity index (χ4v) is 3.74. The van der Waals surface area contributed by atoms with E-state index in [1.54, 1.807) is 10.9 Å². The Morgan fingerprint density at radius 3 is 2.68 bits per heavy atom. The van der Waals surface area contributed by atoms with E-state index in [2.05, 4.69) is 19.9 Å². The molecule has 0 radical (unpaired) electrons. The van der Waals surface area contributed by atoms with Crippen molar-refractivity contribution < 1.29 is 20.1 Å². The molecule has 136 valence electrons. The normalized spacial score (nSPS) is 33.3. The van der Waals surface area contributed by atoms with Gasteiger partial charge in [-0.15, -0.1) is 0 Å². The Kier molecular flexibility index (Phi) is 4.11. The zero-order valence-electron chi connectivity index (χ0n) is 14.1. The smallest absolute Gasteiger partial charge is 0.168 e. The van der Waals surface area contributed by atoms with Crippen LogP contribution in [0, 0.1) is 0 Å². The third kappa shape index (κ3) is 2.58. The maximum absolute atomic E-state index is 10.7. The van der Waals surface area contributed by atoms with Crippen molar-refractivity contribution in [2.45, 2.75) is 50.2 Å². The predicted molar refractivity (Wildman–Crippen MR) is 89.0 cm³/mol. The number of piperidine rings is 1. The van der Waals surface area contributed by atoms with Crippen LogP contribution in [0.15, 0.2) is 12.7 Å². The molecule has 0 spiro atoms. The van der Waals surface area contributed by atoms with Crippen molar-refractivity contribution in [2.75, 3.05) is 24.6 Å². The number of fused-ring (bicyclic) bond motifs is 1. The minimum Gasteiger partial charge on any atom is -0.394 e. The second kappa shape index (κ2) is 6.17. The number of anilines is 1. The van der Waals surface area contributed by atoms with Crippen molar-refractivity contribution in [1.82, 2.24) is 19.5 Å². The van der Waals surface area contributed by atoms with E-state index < -0.39 is 24.0 Å². The fourth-order valence-electron chi connectivity index (χ4n) is 3.74. The third-order valence-electron chi connectivity index (χ3n) is 5.18. The highest BCUT2D eigenvalue weighted by Gasteiger charge is 2.53. The Labute approximate surface area is 144 Å². The molecule has 0 bridgehead atoms. The van der Waals surface area contributed by atoms with Crippen molar-refractivity contribution >= 4 is 17.0 Å². The summed E-state index contributed by atoms with van der Waals surface area (Å²) in [6, 6.07) is 0. The van der Waals surface area contributed by atoms with Crippen molar-refractivity contribution in [3.8, 4) is 0 Å². The number of imidazole rings is 1. The number of aromatic nitrogens is 4. The van der Waals surface area contributed by atoms with Gasteiger partial charge in [0.2, 0.25) is 0 Å². The standard InChI is InChI=1S/C16H23N5O4/c1-16(24)12(23)10(7-22)25-15(16)21-9-19-11-13(17-8-18-14(11)21)20-5-3-2-4-6-20/h8-10,12,15,22-24H,2-7H2,1H3/t10-,12-,15?,16-/m1/s1. The summed E-state index contributed by atoms with van der Waals surface area (Å²) >= 11 is 0. The third-order valence-corrected chi connectivity index (χ3v) is 5.18. The van der Waals surface area contributed by atoms with E-state index in [4.69, 9.17) is 4.74 Å². The average Bonchev–Trinajstić information content (AvgIpc) is 3.15. The summed E-state index contributed by atoms with van der Waals surface area (Å²) in [7, 11) is 0. The summed E-state index contributed by atoms with van der Waals surface area (Å²) in [5, 5.41) is 30.3. The van der Waals surface area contributed by atoms with Crippen LogP contribution in [0.4, 0.5) is 5.82 Å². The molecule has 1 unspecified atom stereocenters. The van der Waals surface area contributed by atoms with Crippen LogP contribution in [0.5, 0.6) is 0 Å². The van der Waals surface area contributed by atoms with E-state index in [-0.39, 0.29) is 6.61 Å². The van der Waals surface area contributed by atoms with Gasteiger partial charge < -0.3 is 25.0 Å². The van der Waals surface area contributed by atoms with Gasteiger partial charge in [-0.3, -0.25) is 4.57 Å². The Bertz CT molecular complexity index is 758. The first kappa shape index (κ1) is 16.6. The molecule has 9 nitrogen and oxygen atoms in total. The molecule has 0 amide bonds. The van der Waals surface area contributed by atoms with Gasteiger partial charge in [-0.25, -0.2) is 15.0 Å². The minimum atomic E-state index is -1.57. The second-order valence-electron chi connectivity index (χ2n) is 6.95. The van der Waals surface area contributed by atoms with Crippen LogP contribution in [0.1, 0.15) is 32.4 Å². The first-order valence-corrected chi connectivity index (χ1v) is 8.63. The summed E-state index contributed by atoms with van der Waals surface area (Å²) in [4.78, 5) is 15.3. The van der Waals surface area contributed by atoms with Crippen molar-refractivity contribution in [3.63, 3.8) is 0 Å². The highest BCUT2D eigenvalue weighted by molar-refractivity contribution is 5.83. The lowest BCUT2D eigenvalue weighted by atomic mass is 9.96. The Morgan fingerprint density at radius 2 is 2.00 bits per heavy atom. The van der Waals surface area contributed by atoms with E-state index in [1.165, 1.54) is 19.7 Å². The van der Waals surface area contributed by atoms with E-state index in [0.29, 0.717) is 11.2 Å². The molecular weight excluding hydrogens is 326 g/mol. The molecule has 2 aromatic heterocycles. The number of rotatable bonds is 3. The molecule has 4 rings (SSSR count). The number of aliphatic hydroxyl groups is 3. The minimum absolute atomic E-state index is 0.380. The summed E-state index contributed by atoms with van der Waals surface area (Å²) < 4.78 is 7.28. The predicted octanol–water partition coefficient (Wildman–Crippen LogP) is -0.182. The number of aliphatic hydroxyl groups excluding tert-OH is 2. The molecule has 2 fully saturated rings. The van der Waals surface area contributed by atoms with E-state index >= 15 is 0 Å². The van der Waals surface area contributed by atoms with Crippen LogP contribution in [-0.4, -0.2) is 72.3 Å². The van der Waals surface area contributed by atoms with Crippen LogP contribution in [0.2, 0.25) is 0 Å². The van der Waals surface area contributed by atoms with Gasteiger partial charge >= 0.3 is 0 Å². The van der Waals surface area contributed by atoms with Crippen molar-refractivity contribution in [1.29, 1.82) is 0 Å². The Balaban J connectivity index is 1.74. The van der Waals surface area contributed by atoms with E-state index in [0.717, 1.165) is 31.7 Å². The quantitative estimate of drug-likeness (QED) is 0.699. The largest absolute Gasteiger partial charge is 0.394 e. The monoisotopic (exact) mass is 349 g/mol. The van der Waals surface area contributed by atoms with Gasteiger partial charge in [0.15, 0.2) is 23.2 Å². The maximum atomic E-state index is 10.7. The van der Waals surface area contributed by atoms with Gasteiger partial charge in [0.05, 0.1) is 12.9 Å². The van der Waals surface area contributed by atoms with Gasteiger partial charge in [-0.05, 0) is 26.2 Å². The molecule has 2 aromatic rings. The SMILES string of the molecule is C[C@]1(O)C(n2cnc3c(N4CCCCC4)ncnc32)O[C@H](CO)[C@H]1O. The molecule has 0 aliphatic carbocycles. The summed E-state index contributed by atoms with van der Waals surface area (Å²) in [5.74, 6) is 0.778. The summed E-state index contributed by atoms with van der Waals surface area (Å²) in [5.41, 5.74) is -0.394. The average molecular weight is 349 g/mol. The Morgan fingerprint density at radius 1 is 1.24 bits per heavy atom. The van der Waals surface area contributed by atoms with Gasteiger partial charge in [-0.2, -0.15) is 0 Å². The van der Waals surface area contributed by atoms with E-state index in [1.807, 2.05) is 0 Å². The number of hydrogen-bond acceptors (Lipinski definition) is 8. The lowest BCUT2D eigenvalue weighted by molar-refractivity contribution is -0.0950. The zero-order valence-corrected chi connectivity index (χ0v) is 14.1. The van der Waals surface area contributed by atoms with Crippen LogP contribution in [0.3, 0.4) is 0 Å². The molecular formula is C16H23N5O4. The molecule has 3 N–H and O–H groups in total. The second-order valence-corrected chi connectivity index (χ2v) is 6.95. The van der Waals surface area contributed by atoms with Crippen LogP contribution in [0.25, 0.3) is 11.2 Å². The first-order valence-electron chi connectivity index (χ1n) is 8.63. The molecule has 0 saturated carbocycles. The van der Waals surface area contributed by atoms with Crippen molar-refractivity contribution in [3.05, 3.63) is 12.7 Å². The molecule has 9 heteroatoms. The van der Waals surface area contributed by atoms with Crippen LogP contribution in [-0.2, 0) is 4.74 Å². The number of ether oxygens (including phenoxy) is 1. The topological polar surface area (TPSA) is 117 Å². The zero-order chi connectivity index (χ0) is 17.6. The summed E-state index contributed by atoms with van der Waals surface area (Å²) in [6.07, 6.45) is 3.52. The highest BCUT2D eigenvalue weighted by atomic mass is 16.6. The van der Waals surface area contributed by atoms with E-state index in [9.17, 15) is 15.3 Å². The summed E-state index contributed by atoms with van der Waals surface area (Å²) in [6.45, 7) is 2.97. The number of hydrogen-bond donors (Lipinski definition) is 3. The molecule has 2 aliphatic rings. The van der Waals surface area contributed by atoms with Crippen LogP contribution < -0.4 is 4.90 Å². The molecule has 4 atom stereocenters. The first-order chi connectivity index (χ1) is 12.0. The van der Waals surface area contributed by atoms with Gasteiger partial charge in [0, 0.05) is 13.1 Å². The van der Waals surface area contributed by atoms with Gasteiger partial charge in [-0.1, -0.05) is 0 Å². The maximum Gasteiger partial charge on any atom is 0.168 e. The molecule has 4 heterocycles. The van der Waals surface area contributed by atoms with Gasteiger partial charge in [0.25, 0.3) is 0 Å².